The first-order chi connectivity index (χ1) is 6.15. The third kappa shape index (κ3) is 2.29. The van der Waals surface area contributed by atoms with E-state index in [4.69, 9.17) is 11.6 Å². The van der Waals surface area contributed by atoms with Gasteiger partial charge in [-0.05, 0) is 19.1 Å². The lowest BCUT2D eigenvalue weighted by molar-refractivity contribution is -0.385. The third-order valence-electron chi connectivity index (χ3n) is 1.54. The zero-order valence-electron chi connectivity index (χ0n) is 7.03. The summed E-state index contributed by atoms with van der Waals surface area (Å²) in [5.41, 5.74) is 0.600. The Morgan fingerprint density at radius 1 is 1.54 bits per heavy atom. The van der Waals surface area contributed by atoms with Gasteiger partial charge in [0.1, 0.15) is 0 Å². The summed E-state index contributed by atoms with van der Waals surface area (Å²) in [7, 11) is 0. The molecule has 0 spiro atoms. The van der Waals surface area contributed by atoms with Crippen molar-refractivity contribution >= 4 is 23.4 Å². The Morgan fingerprint density at radius 3 is 2.77 bits per heavy atom. The van der Waals surface area contributed by atoms with Crippen molar-refractivity contribution in [3.63, 3.8) is 0 Å². The summed E-state index contributed by atoms with van der Waals surface area (Å²) < 4.78 is 0. The fourth-order valence-electron chi connectivity index (χ4n) is 0.995. The molecule has 0 aromatic heterocycles. The predicted molar refractivity (Wildman–Crippen MR) is 52.8 cm³/mol. The van der Waals surface area contributed by atoms with E-state index in [1.807, 2.05) is 0 Å². The van der Waals surface area contributed by atoms with Crippen LogP contribution in [0.15, 0.2) is 24.3 Å². The van der Waals surface area contributed by atoms with E-state index in [0.717, 1.165) is 0 Å². The van der Waals surface area contributed by atoms with Gasteiger partial charge >= 0.3 is 0 Å². The van der Waals surface area contributed by atoms with E-state index in [9.17, 15) is 10.1 Å². The van der Waals surface area contributed by atoms with E-state index >= 15 is 0 Å². The lowest BCUT2D eigenvalue weighted by atomic mass is 10.1. The maximum Gasteiger partial charge on any atom is 0.278 e. The van der Waals surface area contributed by atoms with Crippen LogP contribution in [0.25, 0.3) is 6.08 Å². The van der Waals surface area contributed by atoms with Gasteiger partial charge in [0.2, 0.25) is 0 Å². The summed E-state index contributed by atoms with van der Waals surface area (Å²) in [5.74, 6) is 0. The molecule has 0 aliphatic heterocycles. The minimum atomic E-state index is -0.443. The maximum atomic E-state index is 10.6. The second-order valence-electron chi connectivity index (χ2n) is 2.46. The summed E-state index contributed by atoms with van der Waals surface area (Å²) in [6.45, 7) is 1.80. The monoisotopic (exact) mass is 197 g/mol. The standard InChI is InChI=1S/C9H8ClNO2/c1-2-3-7-4-5-8(10)6-9(7)11(12)13/h2-6H,1H3/b3-2+. The van der Waals surface area contributed by atoms with Crippen LogP contribution in [0.1, 0.15) is 12.5 Å². The summed E-state index contributed by atoms with van der Waals surface area (Å²) >= 11 is 5.63. The second kappa shape index (κ2) is 4.05. The van der Waals surface area contributed by atoms with Crippen molar-refractivity contribution in [1.29, 1.82) is 0 Å². The highest BCUT2D eigenvalue weighted by atomic mass is 35.5. The van der Waals surface area contributed by atoms with Crippen LogP contribution in [-0.4, -0.2) is 4.92 Å². The summed E-state index contributed by atoms with van der Waals surface area (Å²) in [4.78, 5) is 10.1. The minimum absolute atomic E-state index is 0.0330. The van der Waals surface area contributed by atoms with Gasteiger partial charge < -0.3 is 0 Å². The highest BCUT2D eigenvalue weighted by Gasteiger charge is 2.10. The molecule has 0 fully saturated rings. The van der Waals surface area contributed by atoms with E-state index in [1.165, 1.54) is 6.07 Å². The molecule has 1 aromatic rings. The highest BCUT2D eigenvalue weighted by molar-refractivity contribution is 6.30. The molecular formula is C9H8ClNO2. The quantitative estimate of drug-likeness (QED) is 0.539. The van der Waals surface area contributed by atoms with Crippen molar-refractivity contribution in [2.75, 3.05) is 0 Å². The molecule has 0 unspecified atom stereocenters. The summed E-state index contributed by atoms with van der Waals surface area (Å²) in [6, 6.07) is 4.60. The van der Waals surface area contributed by atoms with Gasteiger partial charge in [-0.15, -0.1) is 0 Å². The predicted octanol–water partition coefficient (Wildman–Crippen LogP) is 3.28. The van der Waals surface area contributed by atoms with Crippen LogP contribution < -0.4 is 0 Å². The first-order valence-electron chi connectivity index (χ1n) is 3.72. The number of allylic oxidation sites excluding steroid dienone is 1. The molecule has 0 atom stereocenters. The van der Waals surface area contributed by atoms with E-state index in [-0.39, 0.29) is 5.69 Å². The molecule has 1 rings (SSSR count). The van der Waals surface area contributed by atoms with Crippen molar-refractivity contribution in [3.05, 3.63) is 45.0 Å². The molecule has 13 heavy (non-hydrogen) atoms. The van der Waals surface area contributed by atoms with Gasteiger partial charge in [0.05, 0.1) is 10.5 Å². The van der Waals surface area contributed by atoms with Gasteiger partial charge in [0.25, 0.3) is 5.69 Å². The molecule has 0 N–H and O–H groups in total. The molecule has 0 bridgehead atoms. The number of nitrogens with zero attached hydrogens (tertiary/aromatic N) is 1. The zero-order chi connectivity index (χ0) is 9.84. The number of hydrogen-bond donors (Lipinski definition) is 0. The summed E-state index contributed by atoms with van der Waals surface area (Å²) in [5, 5.41) is 10.9. The minimum Gasteiger partial charge on any atom is -0.258 e. The molecule has 0 heterocycles. The highest BCUT2D eigenvalue weighted by Crippen LogP contribution is 2.23. The number of hydrogen-bond acceptors (Lipinski definition) is 2. The fourth-order valence-corrected chi connectivity index (χ4v) is 1.16. The molecule has 0 aliphatic carbocycles. The van der Waals surface area contributed by atoms with Gasteiger partial charge in [-0.2, -0.15) is 0 Å². The average molecular weight is 198 g/mol. The number of benzene rings is 1. The largest absolute Gasteiger partial charge is 0.278 e. The molecule has 3 nitrogen and oxygen atoms in total. The third-order valence-corrected chi connectivity index (χ3v) is 1.77. The normalized spacial score (nSPS) is 10.6. The van der Waals surface area contributed by atoms with Crippen LogP contribution >= 0.6 is 11.6 Å². The number of rotatable bonds is 2. The van der Waals surface area contributed by atoms with Crippen molar-refractivity contribution in [2.45, 2.75) is 6.92 Å². The molecule has 0 aliphatic rings. The SMILES string of the molecule is C/C=C/c1ccc(Cl)cc1[N+](=O)[O-]. The van der Waals surface area contributed by atoms with E-state index in [0.29, 0.717) is 10.6 Å². The lowest BCUT2D eigenvalue weighted by Gasteiger charge is -1.97. The van der Waals surface area contributed by atoms with Crippen LogP contribution in [0.3, 0.4) is 0 Å². The Labute approximate surface area is 80.8 Å². The smallest absolute Gasteiger partial charge is 0.258 e. The van der Waals surface area contributed by atoms with E-state index < -0.39 is 4.92 Å². The van der Waals surface area contributed by atoms with Gasteiger partial charge in [-0.3, -0.25) is 10.1 Å². The van der Waals surface area contributed by atoms with Crippen LogP contribution in [0, 0.1) is 10.1 Å². The number of halogens is 1. The summed E-state index contributed by atoms with van der Waals surface area (Å²) in [6.07, 6.45) is 3.42. The molecule has 1 aromatic carbocycles. The molecule has 0 saturated heterocycles. The molecule has 4 heteroatoms. The molecule has 0 saturated carbocycles. The van der Waals surface area contributed by atoms with Gasteiger partial charge in [0.15, 0.2) is 0 Å². The molecule has 0 amide bonds. The Balaban J connectivity index is 3.26. The lowest BCUT2D eigenvalue weighted by Crippen LogP contribution is -1.90. The second-order valence-corrected chi connectivity index (χ2v) is 2.90. The first-order valence-corrected chi connectivity index (χ1v) is 4.09. The fraction of sp³-hybridized carbons (Fsp3) is 0.111. The van der Waals surface area contributed by atoms with Crippen molar-refractivity contribution in [3.8, 4) is 0 Å². The van der Waals surface area contributed by atoms with Gasteiger partial charge in [-0.25, -0.2) is 0 Å². The first kappa shape index (κ1) is 9.74. The average Bonchev–Trinajstić information content (AvgIpc) is 2.08. The number of nitro benzene ring substituents is 1. The Morgan fingerprint density at radius 2 is 2.23 bits per heavy atom. The van der Waals surface area contributed by atoms with E-state index in [2.05, 4.69) is 0 Å². The Hall–Kier alpha value is -1.35. The zero-order valence-corrected chi connectivity index (χ0v) is 7.78. The molecule has 0 radical (unpaired) electrons. The van der Waals surface area contributed by atoms with Crippen molar-refractivity contribution in [1.82, 2.24) is 0 Å². The Kier molecular flexibility index (Phi) is 3.03. The van der Waals surface area contributed by atoms with Crippen molar-refractivity contribution < 1.29 is 4.92 Å². The number of nitro groups is 1. The van der Waals surface area contributed by atoms with E-state index in [1.54, 1.807) is 31.2 Å². The topological polar surface area (TPSA) is 43.1 Å². The van der Waals surface area contributed by atoms with Crippen LogP contribution in [0.4, 0.5) is 5.69 Å². The van der Waals surface area contributed by atoms with Gasteiger partial charge in [0, 0.05) is 11.1 Å². The van der Waals surface area contributed by atoms with Crippen LogP contribution in [-0.2, 0) is 0 Å². The van der Waals surface area contributed by atoms with Crippen molar-refractivity contribution in [2.24, 2.45) is 0 Å². The molecule has 68 valence electrons. The van der Waals surface area contributed by atoms with Gasteiger partial charge in [-0.1, -0.05) is 23.8 Å². The van der Waals surface area contributed by atoms with Crippen LogP contribution in [0.5, 0.6) is 0 Å². The molecular weight excluding hydrogens is 190 g/mol. The Bertz CT molecular complexity index is 361. The maximum absolute atomic E-state index is 10.6. The van der Waals surface area contributed by atoms with Crippen LogP contribution in [0.2, 0.25) is 5.02 Å².